The summed E-state index contributed by atoms with van der Waals surface area (Å²) >= 11 is 0. The molecule has 3 rings (SSSR count). The number of amides is 1. The van der Waals surface area contributed by atoms with E-state index < -0.39 is 11.9 Å². The van der Waals surface area contributed by atoms with E-state index in [1.165, 1.54) is 37.6 Å². The van der Waals surface area contributed by atoms with E-state index in [4.69, 9.17) is 10.5 Å². The van der Waals surface area contributed by atoms with Gasteiger partial charge in [0, 0.05) is 18.8 Å². The summed E-state index contributed by atoms with van der Waals surface area (Å²) in [6, 6.07) is 13.4. The van der Waals surface area contributed by atoms with Crippen LogP contribution in [0.25, 0.3) is 0 Å². The molecule has 1 saturated heterocycles. The molecule has 148 valence electrons. The number of benzene rings is 2. The monoisotopic (exact) mass is 380 g/mol. The van der Waals surface area contributed by atoms with Crippen LogP contribution >= 0.6 is 0 Å². The summed E-state index contributed by atoms with van der Waals surface area (Å²) in [4.78, 5) is 26.3. The SMILES string of the molecule is COC(=O)c1ccc(C(Cc2cc(C)ccc2N2CCCCC2)C(N)=O)cc1. The topological polar surface area (TPSA) is 72.6 Å². The van der Waals surface area contributed by atoms with Crippen LogP contribution in [0, 0.1) is 6.92 Å². The molecule has 0 radical (unpaired) electrons. The highest BCUT2D eigenvalue weighted by molar-refractivity contribution is 5.89. The van der Waals surface area contributed by atoms with Gasteiger partial charge in [-0.1, -0.05) is 29.8 Å². The molecular formula is C23H28N2O3. The van der Waals surface area contributed by atoms with E-state index in [0.717, 1.165) is 24.2 Å². The number of esters is 1. The molecule has 28 heavy (non-hydrogen) atoms. The summed E-state index contributed by atoms with van der Waals surface area (Å²) in [7, 11) is 1.35. The molecule has 1 heterocycles. The fourth-order valence-corrected chi connectivity index (χ4v) is 3.89. The van der Waals surface area contributed by atoms with Crippen LogP contribution in [0.1, 0.15) is 52.2 Å². The molecule has 0 bridgehead atoms. The first kappa shape index (κ1) is 19.9. The lowest BCUT2D eigenvalue weighted by molar-refractivity contribution is -0.119. The minimum absolute atomic E-state index is 0.364. The van der Waals surface area contributed by atoms with Crippen LogP contribution in [0.5, 0.6) is 0 Å². The standard InChI is InChI=1S/C23H28N2O3/c1-16-6-11-21(25-12-4-3-5-13-25)19(14-16)15-20(22(24)26)17-7-9-18(10-8-17)23(27)28-2/h6-11,14,20H,3-5,12-13,15H2,1-2H3,(H2,24,26). The van der Waals surface area contributed by atoms with Crippen molar-refractivity contribution in [3.8, 4) is 0 Å². The molecule has 0 spiro atoms. The minimum atomic E-state index is -0.447. The van der Waals surface area contributed by atoms with E-state index in [2.05, 4.69) is 30.0 Å². The van der Waals surface area contributed by atoms with E-state index in [1.807, 2.05) is 0 Å². The molecule has 2 N–H and O–H groups in total. The van der Waals surface area contributed by atoms with Gasteiger partial charge in [-0.05, 0) is 61.9 Å². The van der Waals surface area contributed by atoms with Gasteiger partial charge in [0.15, 0.2) is 0 Å². The molecule has 5 nitrogen and oxygen atoms in total. The molecule has 0 saturated carbocycles. The maximum absolute atomic E-state index is 12.3. The van der Waals surface area contributed by atoms with Crippen LogP contribution < -0.4 is 10.6 Å². The van der Waals surface area contributed by atoms with Crippen molar-refractivity contribution < 1.29 is 14.3 Å². The van der Waals surface area contributed by atoms with Crippen molar-refractivity contribution >= 4 is 17.6 Å². The number of hydrogen-bond acceptors (Lipinski definition) is 4. The zero-order chi connectivity index (χ0) is 20.1. The number of nitrogens with two attached hydrogens (primary N) is 1. The Morgan fingerprint density at radius 3 is 2.36 bits per heavy atom. The van der Waals surface area contributed by atoms with Crippen molar-refractivity contribution in [2.24, 2.45) is 5.73 Å². The Bertz CT molecular complexity index is 839. The number of carbonyl (C=O) groups excluding carboxylic acids is 2. The maximum Gasteiger partial charge on any atom is 0.337 e. The van der Waals surface area contributed by atoms with Crippen molar-refractivity contribution in [1.29, 1.82) is 0 Å². The fourth-order valence-electron chi connectivity index (χ4n) is 3.89. The number of carbonyl (C=O) groups is 2. The van der Waals surface area contributed by atoms with E-state index in [9.17, 15) is 9.59 Å². The third-order valence-electron chi connectivity index (χ3n) is 5.43. The Labute approximate surface area is 166 Å². The van der Waals surface area contributed by atoms with Crippen molar-refractivity contribution in [3.05, 3.63) is 64.7 Å². The van der Waals surface area contributed by atoms with Gasteiger partial charge >= 0.3 is 5.97 Å². The Morgan fingerprint density at radius 2 is 1.75 bits per heavy atom. The molecule has 0 aliphatic carbocycles. The van der Waals surface area contributed by atoms with E-state index in [0.29, 0.717) is 12.0 Å². The van der Waals surface area contributed by atoms with Crippen LogP contribution in [0.2, 0.25) is 0 Å². The van der Waals surface area contributed by atoms with Gasteiger partial charge in [0.1, 0.15) is 0 Å². The number of aryl methyl sites for hydroxylation is 1. The lowest BCUT2D eigenvalue weighted by atomic mass is 9.89. The first-order valence-electron chi connectivity index (χ1n) is 9.81. The molecule has 1 atom stereocenters. The van der Waals surface area contributed by atoms with Crippen molar-refractivity contribution in [1.82, 2.24) is 0 Å². The number of piperidine rings is 1. The maximum atomic E-state index is 12.3. The van der Waals surface area contributed by atoms with Crippen molar-refractivity contribution in [2.45, 2.75) is 38.5 Å². The van der Waals surface area contributed by atoms with E-state index in [1.54, 1.807) is 24.3 Å². The van der Waals surface area contributed by atoms with Gasteiger partial charge in [-0.2, -0.15) is 0 Å². The molecule has 1 unspecified atom stereocenters. The van der Waals surface area contributed by atoms with Gasteiger partial charge in [0.05, 0.1) is 18.6 Å². The average Bonchev–Trinajstić information content (AvgIpc) is 2.72. The number of methoxy groups -OCH3 is 1. The predicted octanol–water partition coefficient (Wildman–Crippen LogP) is 3.58. The highest BCUT2D eigenvalue weighted by Crippen LogP contribution is 2.30. The molecule has 5 heteroatoms. The molecule has 1 aliphatic heterocycles. The molecule has 1 amide bonds. The zero-order valence-corrected chi connectivity index (χ0v) is 16.6. The number of nitrogens with zero attached hydrogens (tertiary/aromatic N) is 1. The first-order chi connectivity index (χ1) is 13.5. The Kier molecular flexibility index (Phi) is 6.34. The van der Waals surface area contributed by atoms with Crippen molar-refractivity contribution in [3.63, 3.8) is 0 Å². The van der Waals surface area contributed by atoms with Gasteiger partial charge in [-0.15, -0.1) is 0 Å². The van der Waals surface area contributed by atoms with E-state index in [-0.39, 0.29) is 5.91 Å². The molecular weight excluding hydrogens is 352 g/mol. The van der Waals surface area contributed by atoms with Gasteiger partial charge in [0.25, 0.3) is 0 Å². The third kappa shape index (κ3) is 4.53. The average molecular weight is 380 g/mol. The molecule has 2 aromatic carbocycles. The van der Waals surface area contributed by atoms with Crippen LogP contribution in [-0.2, 0) is 16.0 Å². The summed E-state index contributed by atoms with van der Waals surface area (Å²) in [5.41, 5.74) is 10.5. The Hall–Kier alpha value is -2.82. The normalized spacial score (nSPS) is 15.1. The lowest BCUT2D eigenvalue weighted by Crippen LogP contribution is -2.31. The fraction of sp³-hybridized carbons (Fsp3) is 0.391. The van der Waals surface area contributed by atoms with E-state index >= 15 is 0 Å². The number of primary amides is 1. The third-order valence-corrected chi connectivity index (χ3v) is 5.43. The molecule has 2 aromatic rings. The van der Waals surface area contributed by atoms with Gasteiger partial charge in [-0.25, -0.2) is 4.79 Å². The second kappa shape index (κ2) is 8.91. The number of ether oxygens (including phenoxy) is 1. The van der Waals surface area contributed by atoms with Gasteiger partial charge in [-0.3, -0.25) is 4.79 Å². The first-order valence-corrected chi connectivity index (χ1v) is 9.81. The summed E-state index contributed by atoms with van der Waals surface area (Å²) < 4.78 is 4.74. The highest BCUT2D eigenvalue weighted by Gasteiger charge is 2.23. The van der Waals surface area contributed by atoms with Gasteiger partial charge in [0.2, 0.25) is 5.91 Å². The summed E-state index contributed by atoms with van der Waals surface area (Å²) in [6.07, 6.45) is 4.21. The van der Waals surface area contributed by atoms with Crippen LogP contribution in [0.3, 0.4) is 0 Å². The quantitative estimate of drug-likeness (QED) is 0.778. The largest absolute Gasteiger partial charge is 0.465 e. The van der Waals surface area contributed by atoms with Crippen LogP contribution in [0.4, 0.5) is 5.69 Å². The smallest absolute Gasteiger partial charge is 0.337 e. The summed E-state index contributed by atoms with van der Waals surface area (Å²) in [5.74, 6) is -1.21. The number of rotatable bonds is 6. The van der Waals surface area contributed by atoms with Gasteiger partial charge < -0.3 is 15.4 Å². The Balaban J connectivity index is 1.89. The van der Waals surface area contributed by atoms with Crippen molar-refractivity contribution in [2.75, 3.05) is 25.1 Å². The zero-order valence-electron chi connectivity index (χ0n) is 16.6. The second-order valence-corrected chi connectivity index (χ2v) is 7.45. The Morgan fingerprint density at radius 1 is 1.07 bits per heavy atom. The predicted molar refractivity (Wildman–Crippen MR) is 111 cm³/mol. The second-order valence-electron chi connectivity index (χ2n) is 7.45. The lowest BCUT2D eigenvalue weighted by Gasteiger charge is -2.31. The molecule has 1 aliphatic rings. The van der Waals surface area contributed by atoms with Crippen LogP contribution in [0.15, 0.2) is 42.5 Å². The summed E-state index contributed by atoms with van der Waals surface area (Å²) in [6.45, 7) is 4.16. The highest BCUT2D eigenvalue weighted by atomic mass is 16.5. The van der Waals surface area contributed by atoms with Crippen LogP contribution in [-0.4, -0.2) is 32.1 Å². The minimum Gasteiger partial charge on any atom is -0.465 e. The number of hydrogen-bond donors (Lipinski definition) is 1. The number of anilines is 1. The summed E-state index contributed by atoms with van der Waals surface area (Å²) in [5, 5.41) is 0. The molecule has 0 aromatic heterocycles. The molecule has 1 fully saturated rings.